The first-order chi connectivity index (χ1) is 18.5. The first-order valence-corrected chi connectivity index (χ1v) is 17.2. The van der Waals surface area contributed by atoms with E-state index in [2.05, 4.69) is 29.6 Å². The second-order valence-corrected chi connectivity index (χ2v) is 17.8. The average molecular weight is 549 g/mol. The molecule has 0 radical (unpaired) electrons. The van der Waals surface area contributed by atoms with Crippen molar-refractivity contribution >= 4 is 35.8 Å². The monoisotopic (exact) mass is 548 g/mol. The van der Waals surface area contributed by atoms with Gasteiger partial charge in [0.15, 0.2) is 23.9 Å². The van der Waals surface area contributed by atoms with Gasteiger partial charge >= 0.3 is 0 Å². The summed E-state index contributed by atoms with van der Waals surface area (Å²) >= 11 is 0. The normalized spacial score (nSPS) is 24.6. The van der Waals surface area contributed by atoms with Crippen LogP contribution in [0.5, 0.6) is 0 Å². The number of carbonyl (C=O) groups is 1. The zero-order valence-corrected chi connectivity index (χ0v) is 24.4. The molecule has 4 atom stereocenters. The second kappa shape index (κ2) is 9.63. The van der Waals surface area contributed by atoms with Crippen LogP contribution >= 0.6 is 0 Å². The summed E-state index contributed by atoms with van der Waals surface area (Å²) in [6.45, 7) is 13.8. The van der Waals surface area contributed by atoms with Gasteiger partial charge in [0.2, 0.25) is 0 Å². The van der Waals surface area contributed by atoms with E-state index >= 15 is 0 Å². The van der Waals surface area contributed by atoms with E-state index in [1.54, 1.807) is 6.33 Å². The van der Waals surface area contributed by atoms with Crippen LogP contribution in [0.1, 0.15) is 36.1 Å². The van der Waals surface area contributed by atoms with Gasteiger partial charge in [0, 0.05) is 43.4 Å². The van der Waals surface area contributed by atoms with Gasteiger partial charge in [-0.05, 0) is 45.0 Å². The summed E-state index contributed by atoms with van der Waals surface area (Å²) < 4.78 is 29.1. The first kappa shape index (κ1) is 26.3. The van der Waals surface area contributed by atoms with Crippen molar-refractivity contribution < 1.29 is 23.7 Å². The van der Waals surface area contributed by atoms with E-state index in [0.29, 0.717) is 18.9 Å². The first-order valence-electron chi connectivity index (χ1n) is 13.5. The quantitative estimate of drug-likeness (QED) is 0.168. The number of hydrogen-bond acceptors (Lipinski definition) is 7. The Hall–Kier alpha value is -2.89. The largest absolute Gasteiger partial charge is 0.361 e. The van der Waals surface area contributed by atoms with Gasteiger partial charge in [-0.25, -0.2) is 9.97 Å². The summed E-state index contributed by atoms with van der Waals surface area (Å²) in [4.78, 5) is 23.0. The van der Waals surface area contributed by atoms with Crippen LogP contribution in [-0.2, 0) is 25.7 Å². The molecule has 5 heterocycles. The van der Waals surface area contributed by atoms with Gasteiger partial charge < -0.3 is 28.1 Å². The molecule has 0 unspecified atom stereocenters. The Kier molecular flexibility index (Phi) is 6.51. The fourth-order valence-electron chi connectivity index (χ4n) is 5.58. The molecular weight excluding hydrogens is 512 g/mol. The highest BCUT2D eigenvalue weighted by Gasteiger charge is 2.58. The lowest BCUT2D eigenvalue weighted by Gasteiger charge is -2.25. The third-order valence-corrected chi connectivity index (χ3v) is 9.25. The van der Waals surface area contributed by atoms with E-state index in [0.717, 1.165) is 33.7 Å². The highest BCUT2D eigenvalue weighted by molar-refractivity contribution is 6.76. The number of benzene rings is 1. The molecule has 0 aliphatic carbocycles. The molecule has 2 aliphatic rings. The molecule has 1 aromatic carbocycles. The molecule has 2 aliphatic heterocycles. The molecule has 0 N–H and O–H groups in total. The average Bonchev–Trinajstić information content (AvgIpc) is 3.62. The number of para-hydroxylation sites is 1. The highest BCUT2D eigenvalue weighted by atomic mass is 28.3. The summed E-state index contributed by atoms with van der Waals surface area (Å²) in [6, 6.07) is 10.8. The Labute approximate surface area is 229 Å². The van der Waals surface area contributed by atoms with Crippen molar-refractivity contribution in [3.63, 3.8) is 0 Å². The van der Waals surface area contributed by atoms with Gasteiger partial charge in [-0.1, -0.05) is 31.8 Å². The fraction of sp³-hybridized carbons (Fsp3) is 0.483. The number of carbonyl (C=O) groups excluding carboxylic acids is 1. The number of Topliss-reactive ketones (excluding diaryl/α,β-unsaturated/α-hetero) is 1. The molecular formula is C29H36N4O5Si. The summed E-state index contributed by atoms with van der Waals surface area (Å²) in [5, 5.41) is 1.91. The molecule has 0 amide bonds. The van der Waals surface area contributed by atoms with Gasteiger partial charge in [0.25, 0.3) is 0 Å². The second-order valence-electron chi connectivity index (χ2n) is 12.2. The van der Waals surface area contributed by atoms with E-state index in [1.165, 1.54) is 0 Å². The maximum atomic E-state index is 14.2. The SMILES string of the molecule is Cc1ncnc2c1ccn2[C@@H]1O[C@H](C(=O)c2cccc3ccn(COCC[Si](C)(C)C)c23)[C@H]2OC(C)(C)O[C@H]21. The van der Waals surface area contributed by atoms with E-state index in [4.69, 9.17) is 18.9 Å². The van der Waals surface area contributed by atoms with Gasteiger partial charge in [-0.15, -0.1) is 0 Å². The number of aryl methyl sites for hydroxylation is 1. The van der Waals surface area contributed by atoms with E-state index in [-0.39, 0.29) is 5.78 Å². The number of fused-ring (bicyclic) bond motifs is 3. The topological polar surface area (TPSA) is 89.6 Å². The van der Waals surface area contributed by atoms with E-state index in [1.807, 2.05) is 72.6 Å². The number of nitrogens with zero attached hydrogens (tertiary/aromatic N) is 4. The molecule has 10 heteroatoms. The lowest BCUT2D eigenvalue weighted by atomic mass is 9.99. The van der Waals surface area contributed by atoms with Crippen LogP contribution in [0.2, 0.25) is 25.7 Å². The van der Waals surface area contributed by atoms with Crippen molar-refractivity contribution in [2.24, 2.45) is 0 Å². The lowest BCUT2D eigenvalue weighted by Crippen LogP contribution is -2.36. The number of ether oxygens (including phenoxy) is 4. The zero-order chi connectivity index (χ0) is 27.5. The minimum atomic E-state index is -1.19. The Morgan fingerprint density at radius 1 is 1.08 bits per heavy atom. The van der Waals surface area contributed by atoms with Crippen LogP contribution in [0.3, 0.4) is 0 Å². The van der Waals surface area contributed by atoms with Gasteiger partial charge in [-0.3, -0.25) is 4.79 Å². The molecule has 0 bridgehead atoms. The molecule has 2 fully saturated rings. The Balaban J connectivity index is 1.32. The van der Waals surface area contributed by atoms with E-state index < -0.39 is 38.4 Å². The van der Waals surface area contributed by atoms with Crippen molar-refractivity contribution in [2.45, 2.75) is 83.5 Å². The number of hydrogen-bond donors (Lipinski definition) is 0. The maximum absolute atomic E-state index is 14.2. The number of aromatic nitrogens is 4. The summed E-state index contributed by atoms with van der Waals surface area (Å²) in [5.74, 6) is -0.982. The van der Waals surface area contributed by atoms with Gasteiger partial charge in [-0.2, -0.15) is 0 Å². The molecule has 9 nitrogen and oxygen atoms in total. The van der Waals surface area contributed by atoms with Crippen molar-refractivity contribution in [1.82, 2.24) is 19.1 Å². The van der Waals surface area contributed by atoms with Crippen molar-refractivity contribution in [3.05, 3.63) is 60.3 Å². The molecule has 0 saturated carbocycles. The lowest BCUT2D eigenvalue weighted by molar-refractivity contribution is -0.190. The minimum absolute atomic E-state index is 0.135. The third kappa shape index (κ3) is 4.85. The third-order valence-electron chi connectivity index (χ3n) is 7.55. The maximum Gasteiger partial charge on any atom is 0.196 e. The molecule has 3 aromatic heterocycles. The standard InChI is InChI=1S/C29H36N4O5Si/c1-18-20-11-13-33(27(20)31-16-30-18)28-26-25(37-29(2,3)38-26)24(36-28)23(34)21-9-7-8-19-10-12-32(22(19)21)17-35-14-15-39(4,5)6/h7-13,16,24-26,28H,14-15,17H2,1-6H3/t24-,25-,26-,28-/m1/s1. The van der Waals surface area contributed by atoms with Crippen molar-refractivity contribution in [1.29, 1.82) is 0 Å². The zero-order valence-electron chi connectivity index (χ0n) is 23.4. The van der Waals surface area contributed by atoms with Crippen LogP contribution in [0.15, 0.2) is 49.1 Å². The van der Waals surface area contributed by atoms with Crippen LogP contribution in [-0.4, -0.2) is 63.7 Å². The van der Waals surface area contributed by atoms with Crippen LogP contribution in [0.25, 0.3) is 21.9 Å². The molecule has 39 heavy (non-hydrogen) atoms. The van der Waals surface area contributed by atoms with Crippen molar-refractivity contribution in [2.75, 3.05) is 6.61 Å². The van der Waals surface area contributed by atoms with Crippen LogP contribution in [0, 0.1) is 6.92 Å². The summed E-state index contributed by atoms with van der Waals surface area (Å²) in [6.07, 6.45) is 2.97. The fourth-order valence-corrected chi connectivity index (χ4v) is 6.33. The summed E-state index contributed by atoms with van der Waals surface area (Å²) in [5.41, 5.74) is 3.04. The smallest absolute Gasteiger partial charge is 0.196 e. The molecule has 206 valence electrons. The van der Waals surface area contributed by atoms with Gasteiger partial charge in [0.05, 0.1) is 11.2 Å². The van der Waals surface area contributed by atoms with Crippen LogP contribution in [0.4, 0.5) is 0 Å². The summed E-state index contributed by atoms with van der Waals surface area (Å²) in [7, 11) is -1.19. The minimum Gasteiger partial charge on any atom is -0.361 e. The predicted octanol–water partition coefficient (Wildman–Crippen LogP) is 5.31. The molecule has 2 saturated heterocycles. The number of rotatable bonds is 8. The highest BCUT2D eigenvalue weighted by Crippen LogP contribution is 2.45. The Morgan fingerprint density at radius 3 is 2.67 bits per heavy atom. The Bertz CT molecular complexity index is 1540. The molecule has 4 aromatic rings. The van der Waals surface area contributed by atoms with Gasteiger partial charge in [0.1, 0.15) is 30.9 Å². The van der Waals surface area contributed by atoms with Crippen molar-refractivity contribution in [3.8, 4) is 0 Å². The molecule has 0 spiro atoms. The molecule has 6 rings (SSSR count). The van der Waals surface area contributed by atoms with E-state index in [9.17, 15) is 4.79 Å². The van der Waals surface area contributed by atoms with Crippen LogP contribution < -0.4 is 0 Å². The Morgan fingerprint density at radius 2 is 1.87 bits per heavy atom. The number of ketones is 1. The predicted molar refractivity (Wildman–Crippen MR) is 150 cm³/mol.